The van der Waals surface area contributed by atoms with Crippen LogP contribution in [0.15, 0.2) is 30.3 Å². The normalized spacial score (nSPS) is 16.8. The van der Waals surface area contributed by atoms with E-state index in [0.717, 1.165) is 18.2 Å². The van der Waals surface area contributed by atoms with Gasteiger partial charge in [-0.05, 0) is 0 Å². The molecular formula is C9H6F7O3P. The van der Waals surface area contributed by atoms with Crippen molar-refractivity contribution in [3.05, 3.63) is 35.9 Å². The number of alkyl halides is 6. The zero-order valence-corrected chi connectivity index (χ0v) is 10.1. The summed E-state index contributed by atoms with van der Waals surface area (Å²) in [6.07, 6.45) is -6.20. The van der Waals surface area contributed by atoms with Gasteiger partial charge in [-0.15, -0.1) is 4.20 Å². The minimum Gasteiger partial charge on any atom is -0.299 e. The van der Waals surface area contributed by atoms with Crippen molar-refractivity contribution < 1.29 is 44.5 Å². The molecule has 0 saturated heterocycles. The minimum absolute atomic E-state index is 0.429. The summed E-state index contributed by atoms with van der Waals surface area (Å²) in [5.41, 5.74) is -1.50. The molecule has 0 radical (unpaired) electrons. The third kappa shape index (κ3) is 3.13. The topological polar surface area (TPSA) is 46.5 Å². The lowest BCUT2D eigenvalue weighted by atomic mass is 10.0. The Morgan fingerprint density at radius 3 is 1.85 bits per heavy atom. The van der Waals surface area contributed by atoms with Gasteiger partial charge in [-0.3, -0.25) is 4.89 Å². The molecule has 1 aromatic carbocycles. The third-order valence-corrected chi connectivity index (χ3v) is 2.58. The Balaban J connectivity index is 3.24. The molecule has 0 heterocycles. The second-order valence-corrected chi connectivity index (χ2v) is 4.66. The van der Waals surface area contributed by atoms with Gasteiger partial charge in [-0.25, -0.2) is 9.09 Å². The first-order valence-corrected chi connectivity index (χ1v) is 6.20. The molecular weight excluding hydrogens is 320 g/mol. The zero-order chi connectivity index (χ0) is 15.8. The van der Waals surface area contributed by atoms with Crippen molar-refractivity contribution in [2.75, 3.05) is 0 Å². The molecule has 3 nitrogen and oxygen atoms in total. The lowest BCUT2D eigenvalue weighted by molar-refractivity contribution is -0.379. The summed E-state index contributed by atoms with van der Waals surface area (Å²) in [6.45, 7) is 0. The van der Waals surface area contributed by atoms with Gasteiger partial charge in [0, 0.05) is 5.56 Å². The summed E-state index contributed by atoms with van der Waals surface area (Å²) in [7, 11) is -6.61. The van der Waals surface area contributed by atoms with Crippen molar-refractivity contribution in [2.45, 2.75) is 18.0 Å². The van der Waals surface area contributed by atoms with E-state index in [9.17, 15) is 35.1 Å². The van der Waals surface area contributed by atoms with Crippen LogP contribution >= 0.6 is 7.91 Å². The average molecular weight is 326 g/mol. The Morgan fingerprint density at radius 2 is 1.45 bits per heavy atom. The molecule has 1 N–H and O–H groups in total. The molecule has 0 saturated carbocycles. The first-order valence-electron chi connectivity index (χ1n) is 4.73. The second-order valence-electron chi connectivity index (χ2n) is 3.57. The SMILES string of the molecule is O=P(O)(F)OC(F)(F)C(F)(F)C(F)(F)c1ccccc1. The maximum atomic E-state index is 13.4. The number of halogens is 7. The van der Waals surface area contributed by atoms with Crippen molar-refractivity contribution in [3.63, 3.8) is 0 Å². The smallest absolute Gasteiger partial charge is 0.299 e. The van der Waals surface area contributed by atoms with Crippen molar-refractivity contribution in [1.29, 1.82) is 0 Å². The standard InChI is InChI=1S/C9H6F7O3P/c10-7(11,6-4-2-1-3-5-6)8(12,13)9(14,15)19-20(16,17)18/h1-5H,(H,17,18). The molecule has 1 rings (SSSR count). The lowest BCUT2D eigenvalue weighted by Crippen LogP contribution is -2.53. The van der Waals surface area contributed by atoms with Crippen LogP contribution in [0.1, 0.15) is 5.56 Å². The third-order valence-electron chi connectivity index (χ3n) is 2.12. The van der Waals surface area contributed by atoms with Crippen LogP contribution in [-0.4, -0.2) is 16.9 Å². The molecule has 0 aliphatic rings. The maximum Gasteiger partial charge on any atom is 0.515 e. The Kier molecular flexibility index (Phi) is 4.24. The van der Waals surface area contributed by atoms with Crippen LogP contribution < -0.4 is 0 Å². The highest BCUT2D eigenvalue weighted by molar-refractivity contribution is 7.46. The predicted molar refractivity (Wildman–Crippen MR) is 52.2 cm³/mol. The van der Waals surface area contributed by atoms with Gasteiger partial charge in [-0.2, -0.15) is 26.3 Å². The van der Waals surface area contributed by atoms with Crippen molar-refractivity contribution >= 4 is 7.91 Å². The molecule has 20 heavy (non-hydrogen) atoms. The fourth-order valence-electron chi connectivity index (χ4n) is 1.21. The molecule has 114 valence electrons. The summed E-state index contributed by atoms with van der Waals surface area (Å²) >= 11 is 0. The van der Waals surface area contributed by atoms with Gasteiger partial charge in [0.15, 0.2) is 0 Å². The van der Waals surface area contributed by atoms with Crippen LogP contribution in [0.25, 0.3) is 0 Å². The molecule has 0 aliphatic heterocycles. The Hall–Kier alpha value is -1.12. The van der Waals surface area contributed by atoms with E-state index in [1.807, 2.05) is 0 Å². The number of hydrogen-bond donors (Lipinski definition) is 1. The first kappa shape index (κ1) is 16.9. The fourth-order valence-corrected chi connectivity index (χ4v) is 1.61. The molecule has 0 aliphatic carbocycles. The van der Waals surface area contributed by atoms with Crippen LogP contribution in [0.4, 0.5) is 30.5 Å². The number of hydrogen-bond acceptors (Lipinski definition) is 2. The molecule has 0 bridgehead atoms. The fraction of sp³-hybridized carbons (Fsp3) is 0.333. The molecule has 0 aromatic heterocycles. The van der Waals surface area contributed by atoms with Crippen LogP contribution in [0.2, 0.25) is 0 Å². The summed E-state index contributed by atoms with van der Waals surface area (Å²) in [6, 6.07) is 3.78. The van der Waals surface area contributed by atoms with Crippen molar-refractivity contribution in [2.24, 2.45) is 0 Å². The van der Waals surface area contributed by atoms with E-state index in [4.69, 9.17) is 4.89 Å². The van der Waals surface area contributed by atoms with Crippen LogP contribution in [-0.2, 0) is 15.0 Å². The zero-order valence-electron chi connectivity index (χ0n) is 9.24. The van der Waals surface area contributed by atoms with E-state index in [2.05, 4.69) is 4.52 Å². The predicted octanol–water partition coefficient (Wildman–Crippen LogP) is 4.09. The second kappa shape index (κ2) is 5.01. The van der Waals surface area contributed by atoms with E-state index in [1.165, 1.54) is 0 Å². The van der Waals surface area contributed by atoms with E-state index >= 15 is 0 Å². The van der Waals surface area contributed by atoms with E-state index in [1.54, 1.807) is 0 Å². The van der Waals surface area contributed by atoms with Crippen LogP contribution in [0.3, 0.4) is 0 Å². The van der Waals surface area contributed by atoms with Gasteiger partial charge in [-0.1, -0.05) is 30.3 Å². The number of benzene rings is 1. The van der Waals surface area contributed by atoms with Crippen LogP contribution in [0, 0.1) is 0 Å². The van der Waals surface area contributed by atoms with Gasteiger partial charge < -0.3 is 0 Å². The highest BCUT2D eigenvalue weighted by Gasteiger charge is 2.75. The maximum absolute atomic E-state index is 13.4. The molecule has 0 spiro atoms. The largest absolute Gasteiger partial charge is 0.515 e. The first-order chi connectivity index (χ1) is 8.81. The number of rotatable bonds is 5. The van der Waals surface area contributed by atoms with Crippen molar-refractivity contribution in [3.8, 4) is 0 Å². The van der Waals surface area contributed by atoms with Crippen LogP contribution in [0.5, 0.6) is 0 Å². The summed E-state index contributed by atoms with van der Waals surface area (Å²) in [5, 5.41) is 0. The van der Waals surface area contributed by atoms with Gasteiger partial charge >= 0.3 is 25.9 Å². The van der Waals surface area contributed by atoms with Gasteiger partial charge in [0.25, 0.3) is 0 Å². The van der Waals surface area contributed by atoms with Gasteiger partial charge in [0.1, 0.15) is 0 Å². The molecule has 0 amide bonds. The van der Waals surface area contributed by atoms with Crippen molar-refractivity contribution in [1.82, 2.24) is 0 Å². The lowest BCUT2D eigenvalue weighted by Gasteiger charge is -2.31. The van der Waals surface area contributed by atoms with Gasteiger partial charge in [0.2, 0.25) is 0 Å². The Morgan fingerprint density at radius 1 is 1.00 bits per heavy atom. The quantitative estimate of drug-likeness (QED) is 0.655. The Bertz CT molecular complexity index is 514. The molecule has 1 unspecified atom stereocenters. The van der Waals surface area contributed by atoms with E-state index in [0.29, 0.717) is 12.1 Å². The molecule has 0 fully saturated rings. The molecule has 1 aromatic rings. The van der Waals surface area contributed by atoms with E-state index in [-0.39, 0.29) is 0 Å². The van der Waals surface area contributed by atoms with Gasteiger partial charge in [0.05, 0.1) is 0 Å². The highest BCUT2D eigenvalue weighted by Crippen LogP contribution is 2.58. The molecule has 1 atom stereocenters. The summed E-state index contributed by atoms with van der Waals surface area (Å²) in [5.74, 6) is -11.7. The highest BCUT2D eigenvalue weighted by atomic mass is 31.2. The Labute approximate surface area is 107 Å². The monoisotopic (exact) mass is 326 g/mol. The van der Waals surface area contributed by atoms with E-state index < -0.39 is 31.4 Å². The molecule has 11 heteroatoms. The average Bonchev–Trinajstić information content (AvgIpc) is 2.26. The minimum atomic E-state index is -6.61. The summed E-state index contributed by atoms with van der Waals surface area (Å²) < 4.78 is 103. The summed E-state index contributed by atoms with van der Waals surface area (Å²) in [4.78, 5) is 7.86.